The lowest BCUT2D eigenvalue weighted by Gasteiger charge is -2.36. The van der Waals surface area contributed by atoms with Crippen LogP contribution in [0, 0.1) is 0 Å². The van der Waals surface area contributed by atoms with Gasteiger partial charge in [0, 0.05) is 52.0 Å². The van der Waals surface area contributed by atoms with Gasteiger partial charge in [0.25, 0.3) is 0 Å². The summed E-state index contributed by atoms with van der Waals surface area (Å²) in [6.07, 6.45) is 0.789. The average Bonchev–Trinajstić information content (AvgIpc) is 3.18. The summed E-state index contributed by atoms with van der Waals surface area (Å²) in [5, 5.41) is 5.83. The van der Waals surface area contributed by atoms with Crippen LogP contribution in [0.3, 0.4) is 0 Å². The zero-order valence-electron chi connectivity index (χ0n) is 22.8. The Labute approximate surface area is 229 Å². The molecule has 0 aromatic heterocycles. The summed E-state index contributed by atoms with van der Waals surface area (Å²) in [4.78, 5) is 44.3. The van der Waals surface area contributed by atoms with Crippen LogP contribution in [0.5, 0.6) is 11.5 Å². The van der Waals surface area contributed by atoms with E-state index in [1.807, 2.05) is 66.4 Å². The van der Waals surface area contributed by atoms with Crippen molar-refractivity contribution in [1.29, 1.82) is 0 Å². The molecule has 0 unspecified atom stereocenters. The van der Waals surface area contributed by atoms with E-state index in [0.29, 0.717) is 61.1 Å². The first kappa shape index (κ1) is 28.0. The fourth-order valence-electron chi connectivity index (χ4n) is 4.84. The number of rotatable bonds is 8. The van der Waals surface area contributed by atoms with E-state index in [-0.39, 0.29) is 18.7 Å². The number of para-hydroxylation sites is 1. The van der Waals surface area contributed by atoms with Gasteiger partial charge in [-0.2, -0.15) is 0 Å². The number of hydrogen-bond acceptors (Lipinski definition) is 6. The molecular weight excluding hydrogens is 498 g/mol. The minimum atomic E-state index is -0.708. The molecule has 10 nitrogen and oxygen atoms in total. The number of carbonyl (C=O) groups is 3. The number of hydrogen-bond donors (Lipinski definition) is 2. The molecule has 0 radical (unpaired) electrons. The molecule has 1 saturated heterocycles. The molecule has 1 fully saturated rings. The summed E-state index contributed by atoms with van der Waals surface area (Å²) in [6, 6.07) is 15.7. The van der Waals surface area contributed by atoms with Crippen LogP contribution in [0.15, 0.2) is 65.9 Å². The lowest BCUT2D eigenvalue weighted by Crippen LogP contribution is -2.49. The van der Waals surface area contributed by atoms with Crippen molar-refractivity contribution in [2.75, 3.05) is 52.9 Å². The Bertz CT molecular complexity index is 1200. The summed E-state index contributed by atoms with van der Waals surface area (Å²) in [7, 11) is 1.66. The Kier molecular flexibility index (Phi) is 9.43. The summed E-state index contributed by atoms with van der Waals surface area (Å²) in [5.41, 5.74) is 1.69. The fourth-order valence-corrected chi connectivity index (χ4v) is 4.84. The van der Waals surface area contributed by atoms with Crippen LogP contribution >= 0.6 is 0 Å². The predicted molar refractivity (Wildman–Crippen MR) is 147 cm³/mol. The van der Waals surface area contributed by atoms with Crippen molar-refractivity contribution in [2.24, 2.45) is 0 Å². The lowest BCUT2D eigenvalue weighted by molar-refractivity contribution is -0.139. The third-order valence-corrected chi connectivity index (χ3v) is 6.82. The van der Waals surface area contributed by atoms with E-state index in [1.165, 1.54) is 4.90 Å². The molecule has 2 heterocycles. The van der Waals surface area contributed by atoms with Gasteiger partial charge in [-0.05, 0) is 50.1 Å². The fraction of sp³-hybridized carbons (Fsp3) is 0.414. The number of nitrogens with zero attached hydrogens (tertiary/aromatic N) is 3. The summed E-state index contributed by atoms with van der Waals surface area (Å²) < 4.78 is 11.5. The highest BCUT2D eigenvalue weighted by Crippen LogP contribution is 2.34. The van der Waals surface area contributed by atoms with Gasteiger partial charge in [-0.15, -0.1) is 0 Å². The molecule has 0 bridgehead atoms. The van der Waals surface area contributed by atoms with E-state index in [1.54, 1.807) is 14.0 Å². The zero-order valence-corrected chi connectivity index (χ0v) is 22.8. The van der Waals surface area contributed by atoms with Crippen molar-refractivity contribution in [3.05, 3.63) is 71.4 Å². The number of esters is 1. The van der Waals surface area contributed by atoms with Crippen molar-refractivity contribution in [2.45, 2.75) is 26.3 Å². The minimum Gasteiger partial charge on any atom is -0.463 e. The predicted octanol–water partition coefficient (Wildman–Crippen LogP) is 3.73. The van der Waals surface area contributed by atoms with Gasteiger partial charge >= 0.3 is 18.0 Å². The molecule has 2 aromatic carbocycles. The SMILES string of the molecule is CCNC(=O)N1CCCN(CC2=C(C(=O)OCC)[C@H](c3cccc(Oc4ccccc4)c3)NC(=O)N2C)CC1. The summed E-state index contributed by atoms with van der Waals surface area (Å²) in [5.74, 6) is 0.804. The Hall–Kier alpha value is -4.05. The molecular formula is C29H37N5O5. The first-order valence-electron chi connectivity index (χ1n) is 13.4. The quantitative estimate of drug-likeness (QED) is 0.500. The van der Waals surface area contributed by atoms with E-state index in [2.05, 4.69) is 15.5 Å². The monoisotopic (exact) mass is 535 g/mol. The number of benzene rings is 2. The second-order valence-corrected chi connectivity index (χ2v) is 9.46. The van der Waals surface area contributed by atoms with Crippen molar-refractivity contribution in [3.63, 3.8) is 0 Å². The van der Waals surface area contributed by atoms with Crippen LogP contribution in [0.25, 0.3) is 0 Å². The third-order valence-electron chi connectivity index (χ3n) is 6.82. The van der Waals surface area contributed by atoms with Crippen molar-refractivity contribution >= 4 is 18.0 Å². The van der Waals surface area contributed by atoms with E-state index in [9.17, 15) is 14.4 Å². The minimum absolute atomic E-state index is 0.0717. The lowest BCUT2D eigenvalue weighted by atomic mass is 9.94. The third kappa shape index (κ3) is 6.88. The van der Waals surface area contributed by atoms with Crippen LogP contribution in [0.2, 0.25) is 0 Å². The highest BCUT2D eigenvalue weighted by Gasteiger charge is 2.37. The first-order chi connectivity index (χ1) is 18.9. The molecule has 208 valence electrons. The topological polar surface area (TPSA) is 103 Å². The molecule has 1 atom stereocenters. The van der Waals surface area contributed by atoms with Crippen molar-refractivity contribution in [1.82, 2.24) is 25.3 Å². The molecule has 2 aliphatic heterocycles. The Balaban J connectivity index is 1.64. The van der Waals surface area contributed by atoms with Gasteiger partial charge in [0.05, 0.1) is 18.2 Å². The van der Waals surface area contributed by atoms with Crippen LogP contribution in [-0.2, 0) is 9.53 Å². The summed E-state index contributed by atoms with van der Waals surface area (Å²) in [6.45, 7) is 7.39. The molecule has 4 amide bonds. The van der Waals surface area contributed by atoms with Gasteiger partial charge in [0.15, 0.2) is 0 Å². The van der Waals surface area contributed by atoms with Gasteiger partial charge in [-0.3, -0.25) is 9.80 Å². The van der Waals surface area contributed by atoms with Crippen LogP contribution in [0.4, 0.5) is 9.59 Å². The van der Waals surface area contributed by atoms with Crippen LogP contribution in [0.1, 0.15) is 31.9 Å². The molecule has 2 aliphatic rings. The van der Waals surface area contributed by atoms with Crippen LogP contribution in [-0.4, -0.2) is 85.7 Å². The Morgan fingerprint density at radius 2 is 1.77 bits per heavy atom. The highest BCUT2D eigenvalue weighted by atomic mass is 16.5. The van der Waals surface area contributed by atoms with Gasteiger partial charge in [-0.25, -0.2) is 14.4 Å². The Morgan fingerprint density at radius 1 is 1.00 bits per heavy atom. The molecule has 4 rings (SSSR count). The van der Waals surface area contributed by atoms with Crippen molar-refractivity contribution < 1.29 is 23.9 Å². The maximum absolute atomic E-state index is 13.4. The molecule has 10 heteroatoms. The standard InChI is InChI=1S/C29H37N5O5/c1-4-30-28(36)34-16-10-15-33(17-18-34)20-24-25(27(35)38-5-2)26(31-29(37)32(24)3)21-11-9-14-23(19-21)39-22-12-7-6-8-13-22/h6-9,11-14,19,26H,4-5,10,15-18,20H2,1-3H3,(H,30,36)(H,31,37)/t26-/m0/s1. The molecule has 0 saturated carbocycles. The molecule has 39 heavy (non-hydrogen) atoms. The highest BCUT2D eigenvalue weighted by molar-refractivity contribution is 5.95. The van der Waals surface area contributed by atoms with E-state index >= 15 is 0 Å². The molecule has 2 aromatic rings. The maximum atomic E-state index is 13.4. The zero-order chi connectivity index (χ0) is 27.8. The second kappa shape index (κ2) is 13.1. The van der Waals surface area contributed by atoms with Gasteiger partial charge in [0.1, 0.15) is 11.5 Å². The second-order valence-electron chi connectivity index (χ2n) is 9.46. The van der Waals surface area contributed by atoms with E-state index in [4.69, 9.17) is 9.47 Å². The van der Waals surface area contributed by atoms with Gasteiger partial charge in [-0.1, -0.05) is 30.3 Å². The Morgan fingerprint density at radius 3 is 2.51 bits per heavy atom. The number of likely N-dealkylation sites (N-methyl/N-ethyl adjacent to an activating group) is 1. The van der Waals surface area contributed by atoms with E-state index < -0.39 is 12.0 Å². The van der Waals surface area contributed by atoms with Crippen LogP contribution < -0.4 is 15.4 Å². The number of amides is 4. The van der Waals surface area contributed by atoms with Gasteiger partial charge in [0.2, 0.25) is 0 Å². The summed E-state index contributed by atoms with van der Waals surface area (Å²) >= 11 is 0. The average molecular weight is 536 g/mol. The van der Waals surface area contributed by atoms with Gasteiger partial charge < -0.3 is 25.0 Å². The smallest absolute Gasteiger partial charge is 0.338 e. The normalized spacial score (nSPS) is 18.3. The first-order valence-corrected chi connectivity index (χ1v) is 13.4. The number of carbonyl (C=O) groups excluding carboxylic acids is 3. The molecule has 0 aliphatic carbocycles. The number of ether oxygens (including phenoxy) is 2. The number of nitrogens with one attached hydrogen (secondary N) is 2. The van der Waals surface area contributed by atoms with Crippen molar-refractivity contribution in [3.8, 4) is 11.5 Å². The molecule has 0 spiro atoms. The maximum Gasteiger partial charge on any atom is 0.338 e. The largest absolute Gasteiger partial charge is 0.463 e. The molecule has 2 N–H and O–H groups in total. The van der Waals surface area contributed by atoms with E-state index in [0.717, 1.165) is 13.0 Å². The number of urea groups is 2.